The highest BCUT2D eigenvalue weighted by molar-refractivity contribution is 6.14. The Balaban J connectivity index is 1.00. The fraction of sp³-hybridized carbons (Fsp3) is 0. The van der Waals surface area contributed by atoms with Gasteiger partial charge in [0, 0.05) is 16.6 Å². The first-order valence-electron chi connectivity index (χ1n) is 19.2. The molecule has 56 heavy (non-hydrogen) atoms. The Morgan fingerprint density at radius 2 is 0.839 bits per heavy atom. The molecule has 0 saturated heterocycles. The lowest BCUT2D eigenvalue weighted by atomic mass is 9.96. The fourth-order valence-electron chi connectivity index (χ4n) is 8.47. The zero-order valence-electron chi connectivity index (χ0n) is 30.6. The van der Waals surface area contributed by atoms with Crippen LogP contribution >= 0.6 is 0 Å². The van der Waals surface area contributed by atoms with Crippen LogP contribution < -0.4 is 4.90 Å². The van der Waals surface area contributed by atoms with Crippen LogP contribution in [-0.2, 0) is 0 Å². The van der Waals surface area contributed by atoms with E-state index < -0.39 is 0 Å². The monoisotopic (exact) mass is 713 g/mol. The van der Waals surface area contributed by atoms with E-state index in [1.165, 1.54) is 60.1 Å². The summed E-state index contributed by atoms with van der Waals surface area (Å²) in [4.78, 5) is 2.39. The van der Waals surface area contributed by atoms with Gasteiger partial charge in [-0.05, 0) is 109 Å². The van der Waals surface area contributed by atoms with Crippen LogP contribution in [0.3, 0.4) is 0 Å². The van der Waals surface area contributed by atoms with Crippen molar-refractivity contribution < 1.29 is 4.42 Å². The van der Waals surface area contributed by atoms with Crippen molar-refractivity contribution in [3.05, 3.63) is 212 Å². The van der Waals surface area contributed by atoms with Gasteiger partial charge in [0.05, 0.1) is 16.8 Å². The summed E-state index contributed by atoms with van der Waals surface area (Å²) in [6.45, 7) is 0. The molecule has 1 aromatic heterocycles. The first-order valence-corrected chi connectivity index (χ1v) is 19.2. The highest BCUT2D eigenvalue weighted by Gasteiger charge is 2.22. The van der Waals surface area contributed by atoms with E-state index in [0.717, 1.165) is 44.6 Å². The van der Waals surface area contributed by atoms with Gasteiger partial charge in [0.1, 0.15) is 11.2 Å². The van der Waals surface area contributed by atoms with Crippen molar-refractivity contribution in [2.45, 2.75) is 0 Å². The molecular formula is C54H35NO. The predicted molar refractivity (Wildman–Crippen MR) is 237 cm³/mol. The lowest BCUT2D eigenvalue weighted by Gasteiger charge is -2.28. The van der Waals surface area contributed by atoms with Gasteiger partial charge in [0.15, 0.2) is 0 Å². The maximum atomic E-state index is 6.41. The van der Waals surface area contributed by atoms with E-state index in [1.807, 2.05) is 12.1 Å². The van der Waals surface area contributed by atoms with Crippen LogP contribution in [0.2, 0.25) is 0 Å². The van der Waals surface area contributed by atoms with E-state index in [9.17, 15) is 0 Å². The average molecular weight is 714 g/mol. The van der Waals surface area contributed by atoms with Gasteiger partial charge < -0.3 is 9.32 Å². The maximum Gasteiger partial charge on any atom is 0.137 e. The summed E-state index contributed by atoms with van der Waals surface area (Å²) in [5.41, 5.74) is 12.1. The molecule has 0 aliphatic heterocycles. The molecule has 0 unspecified atom stereocenters. The normalized spacial score (nSPS) is 11.6. The molecule has 11 aromatic rings. The van der Waals surface area contributed by atoms with Crippen molar-refractivity contribution in [2.75, 3.05) is 4.90 Å². The molecule has 0 fully saturated rings. The second-order valence-corrected chi connectivity index (χ2v) is 14.5. The van der Waals surface area contributed by atoms with Gasteiger partial charge in [-0.3, -0.25) is 0 Å². The van der Waals surface area contributed by atoms with Gasteiger partial charge in [0.2, 0.25) is 0 Å². The quantitative estimate of drug-likeness (QED) is 0.160. The molecule has 11 rings (SSSR count). The van der Waals surface area contributed by atoms with Crippen molar-refractivity contribution in [1.82, 2.24) is 0 Å². The van der Waals surface area contributed by atoms with E-state index in [0.29, 0.717) is 0 Å². The molecule has 262 valence electrons. The number of anilines is 3. The third kappa shape index (κ3) is 5.42. The highest BCUT2D eigenvalue weighted by Crippen LogP contribution is 2.46. The highest BCUT2D eigenvalue weighted by atomic mass is 16.3. The number of rotatable bonds is 6. The summed E-state index contributed by atoms with van der Waals surface area (Å²) in [5.74, 6) is 0. The summed E-state index contributed by atoms with van der Waals surface area (Å²) in [5, 5.41) is 9.75. The molecule has 0 amide bonds. The van der Waals surface area contributed by atoms with Crippen molar-refractivity contribution in [3.8, 4) is 33.4 Å². The Hall–Kier alpha value is -7.42. The van der Waals surface area contributed by atoms with Gasteiger partial charge in [-0.15, -0.1) is 0 Å². The molecule has 0 aliphatic rings. The van der Waals surface area contributed by atoms with Crippen LogP contribution in [0.1, 0.15) is 0 Å². The summed E-state index contributed by atoms with van der Waals surface area (Å²) in [7, 11) is 0. The zero-order valence-corrected chi connectivity index (χ0v) is 30.6. The van der Waals surface area contributed by atoms with Gasteiger partial charge >= 0.3 is 0 Å². The van der Waals surface area contributed by atoms with Crippen LogP contribution in [0, 0.1) is 0 Å². The number of nitrogens with zero attached hydrogens (tertiary/aromatic N) is 1. The number of fused-ring (bicyclic) bond motifs is 7. The Labute approximate surface area is 325 Å². The lowest BCUT2D eigenvalue weighted by Crippen LogP contribution is -2.11. The summed E-state index contributed by atoms with van der Waals surface area (Å²) in [6.07, 6.45) is 0. The molecule has 0 bridgehead atoms. The summed E-state index contributed by atoms with van der Waals surface area (Å²) >= 11 is 0. The third-order valence-corrected chi connectivity index (χ3v) is 11.2. The van der Waals surface area contributed by atoms with Crippen LogP contribution in [0.15, 0.2) is 217 Å². The second kappa shape index (κ2) is 13.2. The van der Waals surface area contributed by atoms with Crippen LogP contribution in [-0.4, -0.2) is 0 Å². The number of benzene rings is 10. The molecule has 0 N–H and O–H groups in total. The smallest absolute Gasteiger partial charge is 0.137 e. The first kappa shape index (κ1) is 32.0. The molecule has 10 aromatic carbocycles. The van der Waals surface area contributed by atoms with Gasteiger partial charge in [-0.1, -0.05) is 164 Å². The molecule has 2 nitrogen and oxygen atoms in total. The summed E-state index contributed by atoms with van der Waals surface area (Å²) < 4.78 is 6.41. The standard InChI is InChI=1S/C54H35NO/c1-2-12-41-34-44(26-24-36(41)10-1)48-14-5-7-16-50(48)55(51-17-9-19-53-54(51)49-15-6-8-18-52(49)56-53)45-31-28-38(29-32-45)37-20-22-39(23-21-37)42-30-33-47-43(35-42)27-25-40-11-3-4-13-46(40)47/h1-35H. The Morgan fingerprint density at radius 3 is 1.68 bits per heavy atom. The van der Waals surface area contributed by atoms with E-state index in [-0.39, 0.29) is 0 Å². The molecule has 0 spiro atoms. The molecule has 0 saturated carbocycles. The minimum absolute atomic E-state index is 0.869. The Morgan fingerprint density at radius 1 is 0.304 bits per heavy atom. The van der Waals surface area contributed by atoms with E-state index in [4.69, 9.17) is 4.42 Å². The molecule has 2 heteroatoms. The van der Waals surface area contributed by atoms with Crippen molar-refractivity contribution in [3.63, 3.8) is 0 Å². The molecule has 0 atom stereocenters. The number of para-hydroxylation sites is 2. The third-order valence-electron chi connectivity index (χ3n) is 11.2. The Bertz CT molecular complexity index is 3250. The van der Waals surface area contributed by atoms with Crippen LogP contribution in [0.25, 0.3) is 87.6 Å². The van der Waals surface area contributed by atoms with Crippen LogP contribution in [0.5, 0.6) is 0 Å². The van der Waals surface area contributed by atoms with Gasteiger partial charge in [0.25, 0.3) is 0 Å². The van der Waals surface area contributed by atoms with Crippen molar-refractivity contribution >= 4 is 71.3 Å². The van der Waals surface area contributed by atoms with Crippen LogP contribution in [0.4, 0.5) is 17.1 Å². The molecular weight excluding hydrogens is 679 g/mol. The molecule has 0 radical (unpaired) electrons. The molecule has 1 heterocycles. The lowest BCUT2D eigenvalue weighted by molar-refractivity contribution is 0.669. The predicted octanol–water partition coefficient (Wildman–Crippen LogP) is 15.5. The zero-order chi connectivity index (χ0) is 37.0. The SMILES string of the molecule is c1ccc(N(c2ccc(-c3ccc(-c4ccc5c(ccc6ccccc65)c4)cc3)cc2)c2cccc3oc4ccccc4c23)c(-c2ccc3ccccc3c2)c1. The van der Waals surface area contributed by atoms with Crippen molar-refractivity contribution in [1.29, 1.82) is 0 Å². The van der Waals surface area contributed by atoms with E-state index >= 15 is 0 Å². The van der Waals surface area contributed by atoms with Crippen molar-refractivity contribution in [2.24, 2.45) is 0 Å². The second-order valence-electron chi connectivity index (χ2n) is 14.5. The topological polar surface area (TPSA) is 16.4 Å². The van der Waals surface area contributed by atoms with E-state index in [2.05, 4.69) is 205 Å². The largest absolute Gasteiger partial charge is 0.456 e. The number of hydrogen-bond acceptors (Lipinski definition) is 2. The molecule has 0 aliphatic carbocycles. The summed E-state index contributed by atoms with van der Waals surface area (Å²) in [6, 6.07) is 76.5. The fourth-order valence-corrected chi connectivity index (χ4v) is 8.47. The number of furan rings is 1. The van der Waals surface area contributed by atoms with E-state index in [1.54, 1.807) is 0 Å². The average Bonchev–Trinajstić information content (AvgIpc) is 3.66. The van der Waals surface area contributed by atoms with Gasteiger partial charge in [-0.2, -0.15) is 0 Å². The minimum Gasteiger partial charge on any atom is -0.456 e. The van der Waals surface area contributed by atoms with Gasteiger partial charge in [-0.25, -0.2) is 0 Å². The number of hydrogen-bond donors (Lipinski definition) is 0. The Kier molecular flexibility index (Phi) is 7.53. The first-order chi connectivity index (χ1) is 27.7. The minimum atomic E-state index is 0.869. The maximum absolute atomic E-state index is 6.41.